The van der Waals surface area contributed by atoms with Crippen molar-refractivity contribution in [1.82, 2.24) is 30.2 Å². The van der Waals surface area contributed by atoms with E-state index in [9.17, 15) is 0 Å². The Kier molecular flexibility index (Phi) is 4.49. The van der Waals surface area contributed by atoms with Crippen LogP contribution in [0, 0.1) is 0 Å². The lowest BCUT2D eigenvalue weighted by atomic mass is 10.2. The number of aliphatic hydroxyl groups is 1. The van der Waals surface area contributed by atoms with Gasteiger partial charge in [-0.25, -0.2) is 9.61 Å². The molecule has 0 saturated heterocycles. The molecule has 3 aromatic heterocycles. The van der Waals surface area contributed by atoms with Gasteiger partial charge in [-0.2, -0.15) is 0 Å². The highest BCUT2D eigenvalue weighted by Crippen LogP contribution is 2.27. The minimum absolute atomic E-state index is 0.172. The molecule has 3 heterocycles. The molecule has 23 heavy (non-hydrogen) atoms. The van der Waals surface area contributed by atoms with Crippen LogP contribution in [0.2, 0.25) is 0 Å². The summed E-state index contributed by atoms with van der Waals surface area (Å²) in [7, 11) is 0. The zero-order valence-electron chi connectivity index (χ0n) is 12.9. The number of fused-ring (bicyclic) bond motifs is 1. The van der Waals surface area contributed by atoms with Gasteiger partial charge < -0.3 is 20.7 Å². The number of aromatic nitrogens is 5. The normalized spacial score (nSPS) is 11.4. The number of hydrogen-bond acceptors (Lipinski definition) is 8. The summed E-state index contributed by atoms with van der Waals surface area (Å²) in [6, 6.07) is 0. The second kappa shape index (κ2) is 6.71. The van der Waals surface area contributed by atoms with Gasteiger partial charge in [-0.05, 0) is 30.2 Å². The van der Waals surface area contributed by atoms with E-state index >= 15 is 0 Å². The first kappa shape index (κ1) is 15.4. The van der Waals surface area contributed by atoms with E-state index in [1.54, 1.807) is 6.20 Å². The van der Waals surface area contributed by atoms with Crippen LogP contribution in [0.1, 0.15) is 18.9 Å². The molecule has 0 aliphatic heterocycles. The zero-order chi connectivity index (χ0) is 16.2. The van der Waals surface area contributed by atoms with Gasteiger partial charge in [0.25, 0.3) is 0 Å². The number of rotatable bonds is 7. The van der Waals surface area contributed by atoms with Crippen LogP contribution in [0.15, 0.2) is 17.0 Å². The molecule has 0 amide bonds. The van der Waals surface area contributed by atoms with Crippen LogP contribution >= 0.6 is 0 Å². The van der Waals surface area contributed by atoms with Crippen molar-refractivity contribution in [2.45, 2.75) is 26.4 Å². The van der Waals surface area contributed by atoms with E-state index < -0.39 is 0 Å². The van der Waals surface area contributed by atoms with E-state index in [0.29, 0.717) is 31.0 Å². The Labute approximate surface area is 132 Å². The highest BCUT2D eigenvalue weighted by atomic mass is 16.6. The largest absolute Gasteiger partial charge is 0.396 e. The third kappa shape index (κ3) is 2.88. The molecular formula is C14H19N7O2. The Morgan fingerprint density at radius 1 is 1.35 bits per heavy atom. The molecule has 9 nitrogen and oxygen atoms in total. The number of imidazole rings is 1. The fourth-order valence-corrected chi connectivity index (χ4v) is 2.55. The average Bonchev–Trinajstić information content (AvgIpc) is 3.14. The number of nitrogen functional groups attached to an aromatic ring is 1. The highest BCUT2D eigenvalue weighted by Gasteiger charge is 2.20. The van der Waals surface area contributed by atoms with Crippen molar-refractivity contribution in [2.24, 2.45) is 0 Å². The van der Waals surface area contributed by atoms with Gasteiger partial charge in [0.15, 0.2) is 17.3 Å². The van der Waals surface area contributed by atoms with Crippen molar-refractivity contribution >= 4 is 16.9 Å². The average molecular weight is 317 g/mol. The van der Waals surface area contributed by atoms with Gasteiger partial charge in [-0.1, -0.05) is 0 Å². The summed E-state index contributed by atoms with van der Waals surface area (Å²) in [6.07, 6.45) is 4.24. The first-order chi connectivity index (χ1) is 11.3. The van der Waals surface area contributed by atoms with Gasteiger partial charge in [-0.15, -0.1) is 0 Å². The van der Waals surface area contributed by atoms with E-state index in [0.717, 1.165) is 23.1 Å². The fraction of sp³-hybridized carbons (Fsp3) is 0.429. The van der Waals surface area contributed by atoms with Gasteiger partial charge in [0, 0.05) is 31.5 Å². The number of hydrogen-bond donors (Lipinski definition) is 3. The Bertz CT molecular complexity index is 796. The zero-order valence-corrected chi connectivity index (χ0v) is 12.9. The molecule has 0 atom stereocenters. The predicted molar refractivity (Wildman–Crippen MR) is 84.3 cm³/mol. The lowest BCUT2D eigenvalue weighted by Gasteiger charge is -2.09. The van der Waals surface area contributed by atoms with Crippen molar-refractivity contribution in [1.29, 1.82) is 0 Å². The van der Waals surface area contributed by atoms with Crippen LogP contribution in [-0.2, 0) is 13.1 Å². The Hall–Kier alpha value is -2.52. The Morgan fingerprint density at radius 3 is 2.91 bits per heavy atom. The molecule has 0 radical (unpaired) electrons. The third-order valence-electron chi connectivity index (χ3n) is 3.59. The maximum Gasteiger partial charge on any atom is 0.199 e. The molecule has 4 N–H and O–H groups in total. The summed E-state index contributed by atoms with van der Waals surface area (Å²) in [4.78, 5) is 8.83. The van der Waals surface area contributed by atoms with Crippen LogP contribution in [-0.4, -0.2) is 43.1 Å². The van der Waals surface area contributed by atoms with Crippen LogP contribution in [0.3, 0.4) is 0 Å². The highest BCUT2D eigenvalue weighted by molar-refractivity contribution is 5.83. The topological polar surface area (TPSA) is 128 Å². The molecule has 0 aliphatic carbocycles. The summed E-state index contributed by atoms with van der Waals surface area (Å²) in [5.74, 6) is 0.830. The molecule has 0 bridgehead atoms. The summed E-state index contributed by atoms with van der Waals surface area (Å²) < 4.78 is 6.71. The van der Waals surface area contributed by atoms with Gasteiger partial charge in [0.2, 0.25) is 0 Å². The second-order valence-corrected chi connectivity index (χ2v) is 5.10. The molecule has 0 aromatic carbocycles. The first-order valence-electron chi connectivity index (χ1n) is 7.49. The third-order valence-corrected chi connectivity index (χ3v) is 3.59. The van der Waals surface area contributed by atoms with Crippen LogP contribution in [0.4, 0.5) is 5.82 Å². The summed E-state index contributed by atoms with van der Waals surface area (Å²) >= 11 is 0. The standard InChI is InChI=1S/C14H19N7O2/c1-2-21-12-9(6-16-4-3-5-22)7-17-8-10(12)18-14(21)11-13(15)20-23-19-11/h7-8,16,22H,2-6H2,1H3,(H2,15,20). The van der Waals surface area contributed by atoms with E-state index in [1.807, 2.05) is 17.7 Å². The molecule has 0 aliphatic rings. The number of aryl methyl sites for hydroxylation is 1. The van der Waals surface area contributed by atoms with Gasteiger partial charge in [0.05, 0.1) is 11.7 Å². The van der Waals surface area contributed by atoms with Crippen LogP contribution in [0.5, 0.6) is 0 Å². The minimum atomic E-state index is 0.172. The molecular weight excluding hydrogens is 298 g/mol. The van der Waals surface area contributed by atoms with Gasteiger partial charge in [0.1, 0.15) is 5.52 Å². The molecule has 3 aromatic rings. The summed E-state index contributed by atoms with van der Waals surface area (Å²) in [5.41, 5.74) is 9.01. The quantitative estimate of drug-likeness (QED) is 0.539. The molecule has 9 heteroatoms. The van der Waals surface area contributed by atoms with E-state index in [4.69, 9.17) is 10.8 Å². The van der Waals surface area contributed by atoms with Crippen molar-refractivity contribution in [3.8, 4) is 11.5 Å². The minimum Gasteiger partial charge on any atom is -0.396 e. The molecule has 3 rings (SSSR count). The van der Waals surface area contributed by atoms with Crippen molar-refractivity contribution in [3.63, 3.8) is 0 Å². The lowest BCUT2D eigenvalue weighted by molar-refractivity contribution is 0.286. The fourth-order valence-electron chi connectivity index (χ4n) is 2.55. The number of nitrogens with zero attached hydrogens (tertiary/aromatic N) is 5. The maximum atomic E-state index is 8.85. The Balaban J connectivity index is 2.03. The smallest absolute Gasteiger partial charge is 0.199 e. The van der Waals surface area contributed by atoms with Crippen molar-refractivity contribution in [2.75, 3.05) is 18.9 Å². The van der Waals surface area contributed by atoms with Crippen LogP contribution in [0.25, 0.3) is 22.6 Å². The number of anilines is 1. The van der Waals surface area contributed by atoms with Crippen molar-refractivity contribution in [3.05, 3.63) is 18.0 Å². The van der Waals surface area contributed by atoms with E-state index in [1.165, 1.54) is 0 Å². The Morgan fingerprint density at radius 2 is 2.22 bits per heavy atom. The van der Waals surface area contributed by atoms with E-state index in [2.05, 4.69) is 30.2 Å². The number of nitrogens with one attached hydrogen (secondary N) is 1. The van der Waals surface area contributed by atoms with Gasteiger partial charge in [-0.3, -0.25) is 4.98 Å². The molecule has 0 saturated carbocycles. The molecule has 122 valence electrons. The van der Waals surface area contributed by atoms with Crippen molar-refractivity contribution < 1.29 is 9.74 Å². The summed E-state index contributed by atoms with van der Waals surface area (Å²) in [6.45, 7) is 4.27. The summed E-state index contributed by atoms with van der Waals surface area (Å²) in [5, 5.41) is 19.6. The predicted octanol–water partition coefficient (Wildman–Crippen LogP) is 0.555. The van der Waals surface area contributed by atoms with E-state index in [-0.39, 0.29) is 12.4 Å². The van der Waals surface area contributed by atoms with Crippen LogP contribution < -0.4 is 11.1 Å². The molecule has 0 fully saturated rings. The van der Waals surface area contributed by atoms with Gasteiger partial charge >= 0.3 is 0 Å². The SMILES string of the molecule is CCn1c(-c2nonc2N)nc2cncc(CNCCCO)c21. The molecule has 0 unspecified atom stereocenters. The monoisotopic (exact) mass is 317 g/mol. The number of pyridine rings is 1. The number of aliphatic hydroxyl groups excluding tert-OH is 1. The number of nitrogens with two attached hydrogens (primary N) is 1. The maximum absolute atomic E-state index is 8.85. The first-order valence-corrected chi connectivity index (χ1v) is 7.49. The lowest BCUT2D eigenvalue weighted by Crippen LogP contribution is -2.16. The second-order valence-electron chi connectivity index (χ2n) is 5.10. The molecule has 0 spiro atoms.